The second-order valence-electron chi connectivity index (χ2n) is 8.66. The molecule has 178 valence electrons. The molecule has 1 aliphatic rings. The van der Waals surface area contributed by atoms with E-state index in [0.717, 1.165) is 36.3 Å². The summed E-state index contributed by atoms with van der Waals surface area (Å²) in [5.41, 5.74) is 2.09. The lowest BCUT2D eigenvalue weighted by molar-refractivity contribution is -0.128. The van der Waals surface area contributed by atoms with Crippen molar-refractivity contribution in [2.24, 2.45) is 5.92 Å². The van der Waals surface area contributed by atoms with Gasteiger partial charge in [-0.15, -0.1) is 0 Å². The Morgan fingerprint density at radius 3 is 2.62 bits per heavy atom. The molecule has 2 amide bonds. The van der Waals surface area contributed by atoms with Crippen molar-refractivity contribution in [3.8, 4) is 5.75 Å². The quantitative estimate of drug-likeness (QED) is 0.575. The SMILES string of the molecule is CC/C=C1/CN[C@@H](C)COc2ccccc2CC(C)CNC(=O)C(CCC)NC(=O)CN1. The Bertz CT molecular complexity index is 765. The van der Waals surface area contributed by atoms with E-state index in [9.17, 15) is 9.59 Å². The third-order valence-corrected chi connectivity index (χ3v) is 5.45. The van der Waals surface area contributed by atoms with Crippen LogP contribution in [0.2, 0.25) is 0 Å². The summed E-state index contributed by atoms with van der Waals surface area (Å²) in [6.07, 6.45) is 5.16. The molecular weight excluding hydrogens is 404 g/mol. The third kappa shape index (κ3) is 8.91. The number of fused-ring (bicyclic) bond motifs is 1. The van der Waals surface area contributed by atoms with Crippen LogP contribution in [0.25, 0.3) is 0 Å². The number of benzene rings is 1. The minimum Gasteiger partial charge on any atom is -0.492 e. The second kappa shape index (κ2) is 13.8. The maximum atomic E-state index is 12.7. The van der Waals surface area contributed by atoms with Gasteiger partial charge < -0.3 is 26.0 Å². The Morgan fingerprint density at radius 2 is 1.88 bits per heavy atom. The van der Waals surface area contributed by atoms with Crippen molar-refractivity contribution >= 4 is 11.8 Å². The number of ether oxygens (including phenoxy) is 1. The van der Waals surface area contributed by atoms with Crippen molar-refractivity contribution in [1.82, 2.24) is 21.3 Å². The Labute approximate surface area is 192 Å². The van der Waals surface area contributed by atoms with Crippen LogP contribution in [0, 0.1) is 5.92 Å². The molecule has 0 aromatic heterocycles. The molecule has 1 aromatic rings. The molecule has 3 atom stereocenters. The number of hydrogen-bond donors (Lipinski definition) is 4. The van der Waals surface area contributed by atoms with Crippen molar-refractivity contribution in [1.29, 1.82) is 0 Å². The smallest absolute Gasteiger partial charge is 0.242 e. The molecule has 0 fully saturated rings. The molecule has 0 radical (unpaired) electrons. The van der Waals surface area contributed by atoms with Gasteiger partial charge in [0.2, 0.25) is 11.8 Å². The molecule has 2 rings (SSSR count). The second-order valence-corrected chi connectivity index (χ2v) is 8.66. The first-order valence-corrected chi connectivity index (χ1v) is 11.9. The molecule has 1 heterocycles. The number of para-hydroxylation sites is 1. The number of amides is 2. The van der Waals surface area contributed by atoms with E-state index in [2.05, 4.69) is 54.2 Å². The van der Waals surface area contributed by atoms with Crippen LogP contribution in [-0.4, -0.2) is 50.1 Å². The van der Waals surface area contributed by atoms with E-state index in [-0.39, 0.29) is 30.3 Å². The highest BCUT2D eigenvalue weighted by molar-refractivity contribution is 5.88. The van der Waals surface area contributed by atoms with Crippen molar-refractivity contribution in [2.45, 2.75) is 65.5 Å². The standard InChI is InChI=1S/C25H40N4O3/c1-5-9-21-15-26-19(4)17-32-23-12-8-7-11-20(23)13-18(3)14-28-25(31)22(10-6-2)29-24(30)16-27-21/h7-9,11-12,18-19,22,26-27H,5-6,10,13-17H2,1-4H3,(H,28,31)(H,29,30)/b21-9-/t18?,19-,22?/m0/s1. The predicted molar refractivity (Wildman–Crippen MR) is 128 cm³/mol. The molecule has 1 aromatic carbocycles. The summed E-state index contributed by atoms with van der Waals surface area (Å²) >= 11 is 0. The number of nitrogens with one attached hydrogen (secondary N) is 4. The van der Waals surface area contributed by atoms with Gasteiger partial charge in [0.15, 0.2) is 0 Å². The van der Waals surface area contributed by atoms with Gasteiger partial charge >= 0.3 is 0 Å². The highest BCUT2D eigenvalue weighted by Crippen LogP contribution is 2.21. The maximum Gasteiger partial charge on any atom is 0.242 e. The van der Waals surface area contributed by atoms with Crippen LogP contribution in [0.3, 0.4) is 0 Å². The van der Waals surface area contributed by atoms with E-state index in [4.69, 9.17) is 4.74 Å². The molecule has 7 heteroatoms. The van der Waals surface area contributed by atoms with Gasteiger partial charge in [0.05, 0.1) is 6.54 Å². The molecule has 0 spiro atoms. The van der Waals surface area contributed by atoms with E-state index < -0.39 is 6.04 Å². The van der Waals surface area contributed by atoms with E-state index in [1.54, 1.807) is 0 Å². The van der Waals surface area contributed by atoms with Crippen molar-refractivity contribution < 1.29 is 14.3 Å². The number of hydrogen-bond acceptors (Lipinski definition) is 5. The molecule has 0 aliphatic carbocycles. The zero-order valence-electron chi connectivity index (χ0n) is 20.0. The average molecular weight is 445 g/mol. The zero-order chi connectivity index (χ0) is 23.3. The topological polar surface area (TPSA) is 91.5 Å². The first kappa shape index (κ1) is 25.7. The van der Waals surface area contributed by atoms with Gasteiger partial charge in [-0.1, -0.05) is 51.5 Å². The van der Waals surface area contributed by atoms with Crippen LogP contribution < -0.4 is 26.0 Å². The van der Waals surface area contributed by atoms with Gasteiger partial charge in [0.25, 0.3) is 0 Å². The third-order valence-electron chi connectivity index (χ3n) is 5.45. The first-order chi connectivity index (χ1) is 15.4. The molecule has 32 heavy (non-hydrogen) atoms. The normalized spacial score (nSPS) is 25.4. The molecule has 0 saturated carbocycles. The van der Waals surface area contributed by atoms with Crippen LogP contribution in [0.15, 0.2) is 36.0 Å². The Balaban J connectivity index is 2.18. The monoisotopic (exact) mass is 444 g/mol. The van der Waals surface area contributed by atoms with Gasteiger partial charge in [0, 0.05) is 24.8 Å². The van der Waals surface area contributed by atoms with Gasteiger partial charge in [0.1, 0.15) is 18.4 Å². The molecule has 1 aliphatic heterocycles. The van der Waals surface area contributed by atoms with Gasteiger partial charge in [-0.2, -0.15) is 0 Å². The average Bonchev–Trinajstić information content (AvgIpc) is 2.77. The Kier molecular flexibility index (Phi) is 11.1. The largest absolute Gasteiger partial charge is 0.492 e. The molecule has 7 nitrogen and oxygen atoms in total. The van der Waals surface area contributed by atoms with E-state index in [1.807, 2.05) is 25.1 Å². The van der Waals surface area contributed by atoms with Gasteiger partial charge in [-0.25, -0.2) is 0 Å². The Morgan fingerprint density at radius 1 is 1.09 bits per heavy atom. The fraction of sp³-hybridized carbons (Fsp3) is 0.600. The maximum absolute atomic E-state index is 12.7. The minimum absolute atomic E-state index is 0.127. The van der Waals surface area contributed by atoms with Crippen LogP contribution in [-0.2, 0) is 16.0 Å². The summed E-state index contributed by atoms with van der Waals surface area (Å²) in [4.78, 5) is 25.2. The van der Waals surface area contributed by atoms with Gasteiger partial charge in [-0.3, -0.25) is 9.59 Å². The lowest BCUT2D eigenvalue weighted by Gasteiger charge is -2.22. The number of carbonyl (C=O) groups excluding carboxylic acids is 2. The van der Waals surface area contributed by atoms with Crippen molar-refractivity contribution in [2.75, 3.05) is 26.2 Å². The summed E-state index contributed by atoms with van der Waals surface area (Å²) in [5.74, 6) is 0.816. The van der Waals surface area contributed by atoms with Crippen LogP contribution in [0.1, 0.15) is 52.5 Å². The Hall–Kier alpha value is -2.54. The summed E-state index contributed by atoms with van der Waals surface area (Å²) in [6, 6.07) is 7.70. The van der Waals surface area contributed by atoms with Crippen molar-refractivity contribution in [3.63, 3.8) is 0 Å². The van der Waals surface area contributed by atoms with Crippen LogP contribution >= 0.6 is 0 Å². The summed E-state index contributed by atoms with van der Waals surface area (Å²) in [5, 5.41) is 12.6. The molecule has 0 bridgehead atoms. The highest BCUT2D eigenvalue weighted by atomic mass is 16.5. The zero-order valence-corrected chi connectivity index (χ0v) is 20.0. The lowest BCUT2D eigenvalue weighted by Crippen LogP contribution is -2.50. The fourth-order valence-electron chi connectivity index (χ4n) is 3.67. The predicted octanol–water partition coefficient (Wildman–Crippen LogP) is 2.52. The molecule has 2 unspecified atom stereocenters. The molecular formula is C25H40N4O3. The highest BCUT2D eigenvalue weighted by Gasteiger charge is 2.21. The lowest BCUT2D eigenvalue weighted by atomic mass is 10.00. The number of allylic oxidation sites excluding steroid dienone is 1. The summed E-state index contributed by atoms with van der Waals surface area (Å²) in [7, 11) is 0. The van der Waals surface area contributed by atoms with Gasteiger partial charge in [-0.05, 0) is 43.7 Å². The van der Waals surface area contributed by atoms with E-state index >= 15 is 0 Å². The van der Waals surface area contributed by atoms with E-state index in [1.165, 1.54) is 0 Å². The van der Waals surface area contributed by atoms with Crippen molar-refractivity contribution in [3.05, 3.63) is 41.6 Å². The van der Waals surface area contributed by atoms with Crippen LogP contribution in [0.4, 0.5) is 0 Å². The summed E-state index contributed by atoms with van der Waals surface area (Å²) < 4.78 is 6.12. The number of carbonyl (C=O) groups is 2. The summed E-state index contributed by atoms with van der Waals surface area (Å²) in [6.45, 7) is 10.1. The fourth-order valence-corrected chi connectivity index (χ4v) is 3.67. The number of rotatable bonds is 3. The molecule has 0 saturated heterocycles. The van der Waals surface area contributed by atoms with Crippen LogP contribution in [0.5, 0.6) is 5.75 Å². The van der Waals surface area contributed by atoms with E-state index in [0.29, 0.717) is 26.1 Å². The molecule has 4 N–H and O–H groups in total. The first-order valence-electron chi connectivity index (χ1n) is 11.9. The minimum atomic E-state index is -0.521.